The molecule has 0 saturated carbocycles. The van der Waals surface area contributed by atoms with Gasteiger partial charge in [0.25, 0.3) is 0 Å². The number of nitrogens with one attached hydrogen (secondary N) is 1. The van der Waals surface area contributed by atoms with Crippen molar-refractivity contribution >= 4 is 11.8 Å². The second kappa shape index (κ2) is 8.43. The average molecular weight is 373 g/mol. The molecule has 0 aliphatic carbocycles. The van der Waals surface area contributed by atoms with Crippen LogP contribution >= 0.6 is 0 Å². The molecule has 1 atom stereocenters. The van der Waals surface area contributed by atoms with Crippen molar-refractivity contribution in [3.8, 4) is 11.5 Å². The second-order valence-corrected chi connectivity index (χ2v) is 7.13. The summed E-state index contributed by atoms with van der Waals surface area (Å²) in [5, 5.41) is 2.67. The summed E-state index contributed by atoms with van der Waals surface area (Å²) >= 11 is 0. The largest absolute Gasteiger partial charge is 0.493 e. The molecule has 2 heterocycles. The maximum atomic E-state index is 12.1. The van der Waals surface area contributed by atoms with Crippen LogP contribution < -0.4 is 14.8 Å². The minimum absolute atomic E-state index is 0.00112. The van der Waals surface area contributed by atoms with E-state index in [0.29, 0.717) is 37.7 Å². The van der Waals surface area contributed by atoms with Crippen LogP contribution in [0.1, 0.15) is 19.4 Å². The van der Waals surface area contributed by atoms with E-state index in [1.165, 1.54) is 5.57 Å². The van der Waals surface area contributed by atoms with Gasteiger partial charge in [-0.3, -0.25) is 14.5 Å². The Labute approximate surface area is 159 Å². The summed E-state index contributed by atoms with van der Waals surface area (Å²) in [7, 11) is 1.63. The average Bonchev–Trinajstić information content (AvgIpc) is 2.65. The van der Waals surface area contributed by atoms with Gasteiger partial charge in [-0.1, -0.05) is 11.6 Å². The van der Waals surface area contributed by atoms with Gasteiger partial charge in [0.05, 0.1) is 13.7 Å². The smallest absolute Gasteiger partial charge is 0.244 e. The van der Waals surface area contributed by atoms with E-state index in [4.69, 9.17) is 9.47 Å². The first kappa shape index (κ1) is 19.2. The number of carbonyl (C=O) groups excluding carboxylic acids is 2. The quantitative estimate of drug-likeness (QED) is 0.759. The lowest BCUT2D eigenvalue weighted by Crippen LogP contribution is -2.65. The Kier molecular flexibility index (Phi) is 6.01. The number of allylic oxidation sites excluding steroid dienone is 1. The molecule has 0 aromatic heterocycles. The SMILES string of the molecule is COc1cc(CN2CCN3C(=O)CNC(=O)C3C2)ccc1OCC=C(C)C. The van der Waals surface area contributed by atoms with Gasteiger partial charge in [0.2, 0.25) is 11.8 Å². The zero-order chi connectivity index (χ0) is 19.4. The van der Waals surface area contributed by atoms with Gasteiger partial charge in [-0.25, -0.2) is 0 Å². The lowest BCUT2D eigenvalue weighted by molar-refractivity contribution is -0.149. The third-order valence-electron chi connectivity index (χ3n) is 4.87. The third kappa shape index (κ3) is 4.60. The van der Waals surface area contributed by atoms with Crippen molar-refractivity contribution < 1.29 is 19.1 Å². The molecule has 1 unspecified atom stereocenters. The summed E-state index contributed by atoms with van der Waals surface area (Å²) in [6, 6.07) is 5.50. The number of fused-ring (bicyclic) bond motifs is 1. The number of hydrogen-bond acceptors (Lipinski definition) is 5. The summed E-state index contributed by atoms with van der Waals surface area (Å²) in [5.74, 6) is 1.33. The van der Waals surface area contributed by atoms with Gasteiger partial charge < -0.3 is 19.7 Å². The van der Waals surface area contributed by atoms with E-state index in [1.807, 2.05) is 38.1 Å². The number of ether oxygens (including phenoxy) is 2. The maximum Gasteiger partial charge on any atom is 0.244 e. The first-order chi connectivity index (χ1) is 13.0. The second-order valence-electron chi connectivity index (χ2n) is 7.13. The van der Waals surface area contributed by atoms with E-state index >= 15 is 0 Å². The van der Waals surface area contributed by atoms with Crippen molar-refractivity contribution in [3.05, 3.63) is 35.4 Å². The van der Waals surface area contributed by atoms with Gasteiger partial charge in [-0.15, -0.1) is 0 Å². The molecule has 2 amide bonds. The molecule has 2 saturated heterocycles. The number of rotatable bonds is 6. The highest BCUT2D eigenvalue weighted by Gasteiger charge is 2.38. The van der Waals surface area contributed by atoms with E-state index in [2.05, 4.69) is 10.2 Å². The summed E-state index contributed by atoms with van der Waals surface area (Å²) in [5.41, 5.74) is 2.28. The van der Waals surface area contributed by atoms with Gasteiger partial charge in [0, 0.05) is 26.2 Å². The highest BCUT2D eigenvalue weighted by Crippen LogP contribution is 2.29. The topological polar surface area (TPSA) is 71.1 Å². The zero-order valence-corrected chi connectivity index (χ0v) is 16.2. The Morgan fingerprint density at radius 1 is 1.26 bits per heavy atom. The molecular formula is C20H27N3O4. The molecule has 2 aliphatic heterocycles. The molecule has 2 aliphatic rings. The molecule has 0 radical (unpaired) electrons. The van der Waals surface area contributed by atoms with Crippen LogP contribution in [0.4, 0.5) is 0 Å². The number of amides is 2. The fraction of sp³-hybridized carbons (Fsp3) is 0.500. The summed E-state index contributed by atoms with van der Waals surface area (Å²) in [6.07, 6.45) is 2.02. The monoisotopic (exact) mass is 373 g/mol. The van der Waals surface area contributed by atoms with Crippen LogP contribution in [0.25, 0.3) is 0 Å². The van der Waals surface area contributed by atoms with Gasteiger partial charge in [-0.05, 0) is 37.6 Å². The molecule has 1 aromatic rings. The van der Waals surface area contributed by atoms with Crippen LogP contribution in [0.15, 0.2) is 29.8 Å². The van der Waals surface area contributed by atoms with Crippen molar-refractivity contribution in [3.63, 3.8) is 0 Å². The fourth-order valence-electron chi connectivity index (χ4n) is 3.37. The molecule has 7 heteroatoms. The van der Waals surface area contributed by atoms with Crippen LogP contribution in [-0.2, 0) is 16.1 Å². The Balaban J connectivity index is 1.64. The first-order valence-electron chi connectivity index (χ1n) is 9.20. The van der Waals surface area contributed by atoms with Gasteiger partial charge in [0.1, 0.15) is 12.6 Å². The van der Waals surface area contributed by atoms with E-state index in [-0.39, 0.29) is 18.4 Å². The van der Waals surface area contributed by atoms with Crippen molar-refractivity contribution in [2.75, 3.05) is 39.9 Å². The van der Waals surface area contributed by atoms with Crippen LogP contribution in [0.3, 0.4) is 0 Å². The van der Waals surface area contributed by atoms with E-state index in [0.717, 1.165) is 12.1 Å². The Morgan fingerprint density at radius 3 is 2.81 bits per heavy atom. The lowest BCUT2D eigenvalue weighted by Gasteiger charge is -2.43. The number of methoxy groups -OCH3 is 1. The number of carbonyl (C=O) groups is 2. The number of piperazine rings is 2. The van der Waals surface area contributed by atoms with E-state index < -0.39 is 6.04 Å². The normalized spacial score (nSPS) is 20.0. The van der Waals surface area contributed by atoms with Crippen LogP contribution in [0, 0.1) is 0 Å². The molecule has 1 N–H and O–H groups in total. The first-order valence-corrected chi connectivity index (χ1v) is 9.20. The van der Waals surface area contributed by atoms with Crippen molar-refractivity contribution in [1.29, 1.82) is 0 Å². The van der Waals surface area contributed by atoms with Gasteiger partial charge in [0.15, 0.2) is 11.5 Å². The van der Waals surface area contributed by atoms with Gasteiger partial charge >= 0.3 is 0 Å². The van der Waals surface area contributed by atoms with E-state index in [9.17, 15) is 9.59 Å². The molecule has 7 nitrogen and oxygen atoms in total. The highest BCUT2D eigenvalue weighted by molar-refractivity contribution is 5.95. The Hall–Kier alpha value is -2.54. The Morgan fingerprint density at radius 2 is 2.07 bits per heavy atom. The molecular weight excluding hydrogens is 346 g/mol. The fourth-order valence-corrected chi connectivity index (χ4v) is 3.37. The number of hydrogen-bond donors (Lipinski definition) is 1. The molecule has 1 aromatic carbocycles. The third-order valence-corrected chi connectivity index (χ3v) is 4.87. The highest BCUT2D eigenvalue weighted by atomic mass is 16.5. The molecule has 0 bridgehead atoms. The zero-order valence-electron chi connectivity index (χ0n) is 16.2. The van der Waals surface area contributed by atoms with Crippen LogP contribution in [-0.4, -0.2) is 67.6 Å². The molecule has 3 rings (SSSR count). The predicted octanol–water partition coefficient (Wildman–Crippen LogP) is 1.18. The molecule has 146 valence electrons. The van der Waals surface area contributed by atoms with Crippen LogP contribution in [0.2, 0.25) is 0 Å². The predicted molar refractivity (Wildman–Crippen MR) is 102 cm³/mol. The Bertz CT molecular complexity index is 743. The number of benzene rings is 1. The van der Waals surface area contributed by atoms with Crippen molar-refractivity contribution in [1.82, 2.24) is 15.1 Å². The minimum atomic E-state index is -0.395. The summed E-state index contributed by atoms with van der Waals surface area (Å²) in [4.78, 5) is 27.9. The summed E-state index contributed by atoms with van der Waals surface area (Å²) in [6.45, 7) is 7.24. The van der Waals surface area contributed by atoms with Crippen molar-refractivity contribution in [2.24, 2.45) is 0 Å². The standard InChI is InChI=1S/C20H27N3O4/c1-14(2)6-9-27-17-5-4-15(10-18(17)26-3)12-22-7-8-23-16(13-22)20(25)21-11-19(23)24/h4-6,10,16H,7-9,11-13H2,1-3H3,(H,21,25). The van der Waals surface area contributed by atoms with Gasteiger partial charge in [-0.2, -0.15) is 0 Å². The molecule has 0 spiro atoms. The molecule has 2 fully saturated rings. The van der Waals surface area contributed by atoms with Crippen LogP contribution in [0.5, 0.6) is 11.5 Å². The number of nitrogens with zero attached hydrogens (tertiary/aromatic N) is 2. The molecule has 27 heavy (non-hydrogen) atoms. The minimum Gasteiger partial charge on any atom is -0.493 e. The van der Waals surface area contributed by atoms with Crippen molar-refractivity contribution in [2.45, 2.75) is 26.4 Å². The lowest BCUT2D eigenvalue weighted by atomic mass is 10.1. The summed E-state index contributed by atoms with van der Waals surface area (Å²) < 4.78 is 11.2. The maximum absolute atomic E-state index is 12.1. The van der Waals surface area contributed by atoms with E-state index in [1.54, 1.807) is 12.0 Å².